The molecule has 0 spiro atoms. The van der Waals surface area contributed by atoms with Gasteiger partial charge in [0, 0.05) is 16.8 Å². The van der Waals surface area contributed by atoms with Gasteiger partial charge in [0.1, 0.15) is 23.1 Å². The molecule has 8 heteroatoms. The van der Waals surface area contributed by atoms with Crippen molar-refractivity contribution in [3.05, 3.63) is 90.7 Å². The second-order valence-electron chi connectivity index (χ2n) is 7.66. The van der Waals surface area contributed by atoms with Gasteiger partial charge in [0.05, 0.1) is 11.0 Å². The molecular formula is C25H16F3N3O2. The second kappa shape index (κ2) is 7.16. The van der Waals surface area contributed by atoms with Crippen LogP contribution in [0, 0.1) is 0 Å². The SMILES string of the molecule is FC(F)(F)Oc1ccc(-c2ccc([C@@H]3Nc4ccccc4-c4nc5ccccc5n43)o2)cc1. The van der Waals surface area contributed by atoms with E-state index in [0.717, 1.165) is 28.1 Å². The lowest BCUT2D eigenvalue weighted by atomic mass is 10.1. The molecule has 3 heterocycles. The topological polar surface area (TPSA) is 52.2 Å². The molecule has 0 radical (unpaired) electrons. The average Bonchev–Trinajstić information content (AvgIpc) is 3.44. The second-order valence-corrected chi connectivity index (χ2v) is 7.66. The maximum Gasteiger partial charge on any atom is 0.573 e. The lowest BCUT2D eigenvalue weighted by Gasteiger charge is -2.28. The Morgan fingerprint density at radius 2 is 1.64 bits per heavy atom. The highest BCUT2D eigenvalue weighted by molar-refractivity contribution is 5.86. The van der Waals surface area contributed by atoms with Crippen molar-refractivity contribution in [2.24, 2.45) is 0 Å². The lowest BCUT2D eigenvalue weighted by molar-refractivity contribution is -0.274. The fourth-order valence-electron chi connectivity index (χ4n) is 4.19. The third-order valence-corrected chi connectivity index (χ3v) is 5.58. The van der Waals surface area contributed by atoms with Gasteiger partial charge in [0.25, 0.3) is 0 Å². The number of halogens is 3. The first-order valence-electron chi connectivity index (χ1n) is 10.3. The summed E-state index contributed by atoms with van der Waals surface area (Å²) in [5, 5.41) is 3.53. The molecule has 33 heavy (non-hydrogen) atoms. The molecule has 0 unspecified atom stereocenters. The van der Waals surface area contributed by atoms with Crippen molar-refractivity contribution in [3.8, 4) is 28.5 Å². The number of ether oxygens (including phenoxy) is 1. The van der Waals surface area contributed by atoms with Gasteiger partial charge in [-0.2, -0.15) is 0 Å². The highest BCUT2D eigenvalue weighted by Gasteiger charge is 2.32. The number of nitrogens with one attached hydrogen (secondary N) is 1. The number of nitrogens with zero attached hydrogens (tertiary/aromatic N) is 2. The number of rotatable bonds is 3. The van der Waals surface area contributed by atoms with Gasteiger partial charge >= 0.3 is 6.36 Å². The molecule has 5 nitrogen and oxygen atoms in total. The number of aromatic nitrogens is 2. The molecule has 1 aliphatic rings. The van der Waals surface area contributed by atoms with Crippen molar-refractivity contribution >= 4 is 16.7 Å². The molecular weight excluding hydrogens is 431 g/mol. The molecule has 3 aromatic carbocycles. The zero-order chi connectivity index (χ0) is 22.6. The number of benzene rings is 3. The first kappa shape index (κ1) is 19.5. The summed E-state index contributed by atoms with van der Waals surface area (Å²) >= 11 is 0. The van der Waals surface area contributed by atoms with E-state index >= 15 is 0 Å². The van der Waals surface area contributed by atoms with E-state index in [1.54, 1.807) is 6.07 Å². The van der Waals surface area contributed by atoms with E-state index in [9.17, 15) is 13.2 Å². The van der Waals surface area contributed by atoms with Crippen LogP contribution in [-0.4, -0.2) is 15.9 Å². The van der Waals surface area contributed by atoms with Crippen LogP contribution in [0.2, 0.25) is 0 Å². The Labute approximate surface area is 186 Å². The monoisotopic (exact) mass is 447 g/mol. The summed E-state index contributed by atoms with van der Waals surface area (Å²) in [6.45, 7) is 0. The van der Waals surface area contributed by atoms with Crippen molar-refractivity contribution in [1.82, 2.24) is 9.55 Å². The molecule has 0 aliphatic carbocycles. The minimum atomic E-state index is -4.73. The zero-order valence-electron chi connectivity index (χ0n) is 17.0. The fourth-order valence-corrected chi connectivity index (χ4v) is 4.19. The Balaban J connectivity index is 1.40. The van der Waals surface area contributed by atoms with Crippen LogP contribution in [0.4, 0.5) is 18.9 Å². The summed E-state index contributed by atoms with van der Waals surface area (Å²) in [6, 6.07) is 25.1. The van der Waals surface area contributed by atoms with E-state index in [0.29, 0.717) is 17.1 Å². The van der Waals surface area contributed by atoms with E-state index in [4.69, 9.17) is 9.40 Å². The Hall–Kier alpha value is -4.20. The fraction of sp³-hybridized carbons (Fsp3) is 0.0800. The maximum absolute atomic E-state index is 12.4. The quantitative estimate of drug-likeness (QED) is 0.329. The predicted octanol–water partition coefficient (Wildman–Crippen LogP) is 6.83. The van der Waals surface area contributed by atoms with Crippen LogP contribution in [0.15, 0.2) is 89.3 Å². The normalized spacial score (nSPS) is 15.1. The molecule has 2 aromatic heterocycles. The van der Waals surface area contributed by atoms with Crippen molar-refractivity contribution in [3.63, 3.8) is 0 Å². The Kier molecular flexibility index (Phi) is 4.23. The molecule has 0 bridgehead atoms. The number of hydrogen-bond donors (Lipinski definition) is 1. The molecule has 164 valence electrons. The van der Waals surface area contributed by atoms with Gasteiger partial charge in [-0.1, -0.05) is 24.3 Å². The van der Waals surface area contributed by atoms with Crippen LogP contribution in [0.25, 0.3) is 33.7 Å². The summed E-state index contributed by atoms with van der Waals surface area (Å²) in [6.07, 6.45) is -5.07. The molecule has 0 saturated heterocycles. The molecule has 1 aliphatic heterocycles. The van der Waals surface area contributed by atoms with Crippen molar-refractivity contribution < 1.29 is 22.3 Å². The van der Waals surface area contributed by atoms with Crippen LogP contribution in [0.3, 0.4) is 0 Å². The summed E-state index contributed by atoms with van der Waals surface area (Å²) < 4.78 is 49.5. The molecule has 1 atom stereocenters. The van der Waals surface area contributed by atoms with Crippen molar-refractivity contribution in [1.29, 1.82) is 0 Å². The standard InChI is InChI=1S/C25H16F3N3O2/c26-25(27,28)33-16-11-9-15(10-12-16)21-13-14-22(32-21)24-29-18-6-2-1-5-17(18)23-30-19-7-3-4-8-20(19)31(23)24/h1-14,24,29H/t24-/m1/s1. The number of fused-ring (bicyclic) bond motifs is 5. The van der Waals surface area contributed by atoms with Gasteiger partial charge in [-0.25, -0.2) is 4.98 Å². The maximum atomic E-state index is 12.4. The van der Waals surface area contributed by atoms with Crippen LogP contribution < -0.4 is 10.1 Å². The number of imidazole rings is 1. The van der Waals surface area contributed by atoms with Crippen LogP contribution >= 0.6 is 0 Å². The van der Waals surface area contributed by atoms with E-state index in [2.05, 4.69) is 14.6 Å². The van der Waals surface area contributed by atoms with E-state index in [1.165, 1.54) is 24.3 Å². The zero-order valence-corrected chi connectivity index (χ0v) is 17.0. The number of anilines is 1. The van der Waals surface area contributed by atoms with Crippen LogP contribution in [-0.2, 0) is 0 Å². The molecule has 1 N–H and O–H groups in total. The highest BCUT2D eigenvalue weighted by atomic mass is 19.4. The number of alkyl halides is 3. The van der Waals surface area contributed by atoms with Gasteiger partial charge in [0.15, 0.2) is 6.17 Å². The minimum Gasteiger partial charge on any atom is -0.457 e. The summed E-state index contributed by atoms with van der Waals surface area (Å²) in [4.78, 5) is 4.85. The summed E-state index contributed by atoms with van der Waals surface area (Å²) in [5.74, 6) is 1.75. The number of para-hydroxylation sites is 3. The average molecular weight is 447 g/mol. The molecule has 0 fully saturated rings. The van der Waals surface area contributed by atoms with Gasteiger partial charge < -0.3 is 14.5 Å². The molecule has 0 saturated carbocycles. The van der Waals surface area contributed by atoms with Gasteiger partial charge in [0.2, 0.25) is 0 Å². The van der Waals surface area contributed by atoms with Crippen LogP contribution in [0.1, 0.15) is 11.9 Å². The first-order valence-corrected chi connectivity index (χ1v) is 10.3. The number of furan rings is 1. The van der Waals surface area contributed by atoms with E-state index in [-0.39, 0.29) is 11.9 Å². The Morgan fingerprint density at radius 3 is 2.45 bits per heavy atom. The van der Waals surface area contributed by atoms with Crippen LogP contribution in [0.5, 0.6) is 5.75 Å². The Bertz CT molecular complexity index is 1470. The van der Waals surface area contributed by atoms with E-state index < -0.39 is 6.36 Å². The molecule has 5 aromatic rings. The van der Waals surface area contributed by atoms with Gasteiger partial charge in [-0.15, -0.1) is 13.2 Å². The first-order chi connectivity index (χ1) is 16.0. The minimum absolute atomic E-state index is 0.280. The third-order valence-electron chi connectivity index (χ3n) is 5.58. The van der Waals surface area contributed by atoms with E-state index in [1.807, 2.05) is 54.6 Å². The summed E-state index contributed by atoms with van der Waals surface area (Å²) in [5.41, 5.74) is 4.42. The van der Waals surface area contributed by atoms with Crippen molar-refractivity contribution in [2.75, 3.05) is 5.32 Å². The lowest BCUT2D eigenvalue weighted by Crippen LogP contribution is -2.24. The third kappa shape index (κ3) is 3.40. The van der Waals surface area contributed by atoms with Crippen molar-refractivity contribution in [2.45, 2.75) is 12.5 Å². The Morgan fingerprint density at radius 1 is 0.879 bits per heavy atom. The summed E-state index contributed by atoms with van der Waals surface area (Å²) in [7, 11) is 0. The molecule has 6 rings (SSSR count). The predicted molar refractivity (Wildman–Crippen MR) is 118 cm³/mol. The molecule has 0 amide bonds. The van der Waals surface area contributed by atoms with Gasteiger partial charge in [-0.05, 0) is 60.7 Å². The largest absolute Gasteiger partial charge is 0.573 e. The smallest absolute Gasteiger partial charge is 0.457 e. The van der Waals surface area contributed by atoms with Gasteiger partial charge in [-0.3, -0.25) is 4.57 Å². The number of hydrogen-bond acceptors (Lipinski definition) is 4. The highest BCUT2D eigenvalue weighted by Crippen LogP contribution is 2.41.